The molecule has 0 unspecified atom stereocenters. The molecule has 0 radical (unpaired) electrons. The van der Waals surface area contributed by atoms with E-state index in [1.54, 1.807) is 24.5 Å². The number of hydrogen-bond acceptors (Lipinski definition) is 6. The van der Waals surface area contributed by atoms with Crippen LogP contribution >= 0.6 is 11.3 Å². The second kappa shape index (κ2) is 9.82. The predicted molar refractivity (Wildman–Crippen MR) is 112 cm³/mol. The number of carbonyl (C=O) groups is 1. The molecule has 3 rings (SSSR count). The second-order valence-corrected chi connectivity index (χ2v) is 9.57. The number of amides is 1. The number of rotatable bonds is 9. The number of carbonyl (C=O) groups excluding carboxylic acids is 1. The summed E-state index contributed by atoms with van der Waals surface area (Å²) in [4.78, 5) is 15.0. The van der Waals surface area contributed by atoms with E-state index >= 15 is 0 Å². The monoisotopic (exact) mass is 438 g/mol. The molecule has 9 heteroatoms. The minimum atomic E-state index is -3.78. The second-order valence-electron chi connectivity index (χ2n) is 6.75. The normalized spacial score (nSPS) is 14.6. The number of thiophene rings is 1. The van der Waals surface area contributed by atoms with Gasteiger partial charge in [0, 0.05) is 40.4 Å². The highest BCUT2D eigenvalue weighted by atomic mass is 32.2. The molecule has 0 atom stereocenters. The molecule has 0 saturated carbocycles. The van der Waals surface area contributed by atoms with Gasteiger partial charge in [-0.1, -0.05) is 24.3 Å². The van der Waals surface area contributed by atoms with E-state index in [4.69, 9.17) is 9.47 Å². The average molecular weight is 439 g/mol. The summed E-state index contributed by atoms with van der Waals surface area (Å²) >= 11 is 1.15. The summed E-state index contributed by atoms with van der Waals surface area (Å²) < 4.78 is 38.3. The molecule has 1 aliphatic rings. The lowest BCUT2D eigenvalue weighted by Crippen LogP contribution is -2.39. The highest BCUT2D eigenvalue weighted by Gasteiger charge is 2.33. The zero-order valence-electron chi connectivity index (χ0n) is 16.7. The number of sulfonamides is 1. The molecule has 29 heavy (non-hydrogen) atoms. The van der Waals surface area contributed by atoms with E-state index in [9.17, 15) is 13.2 Å². The number of ether oxygens (including phenoxy) is 2. The molecular weight excluding hydrogens is 412 g/mol. The van der Waals surface area contributed by atoms with E-state index in [2.05, 4.69) is 0 Å². The third kappa shape index (κ3) is 4.87. The Morgan fingerprint density at radius 3 is 2.41 bits per heavy atom. The molecule has 0 aliphatic carbocycles. The zero-order chi connectivity index (χ0) is 20.9. The number of benzene rings is 1. The van der Waals surface area contributed by atoms with Gasteiger partial charge in [-0.15, -0.1) is 11.3 Å². The van der Waals surface area contributed by atoms with E-state index in [0.717, 1.165) is 16.9 Å². The summed E-state index contributed by atoms with van der Waals surface area (Å²) in [5, 5.41) is 1.66. The number of fused-ring (bicyclic) bond motifs is 1. The third-order valence-electron chi connectivity index (χ3n) is 4.95. The van der Waals surface area contributed by atoms with Crippen LogP contribution in [0.4, 0.5) is 0 Å². The molecule has 2 heterocycles. The van der Waals surface area contributed by atoms with Gasteiger partial charge in [-0.25, -0.2) is 8.42 Å². The maximum Gasteiger partial charge on any atom is 0.265 e. The Bertz CT molecular complexity index is 934. The molecule has 0 fully saturated rings. The fraction of sp³-hybridized carbons (Fsp3) is 0.450. The summed E-state index contributed by atoms with van der Waals surface area (Å²) in [7, 11) is -0.650. The fourth-order valence-corrected chi connectivity index (χ4v) is 6.11. The summed E-state index contributed by atoms with van der Waals surface area (Å²) in [5.74, 6) is -0.315. The van der Waals surface area contributed by atoms with Crippen molar-refractivity contribution >= 4 is 27.3 Å². The quantitative estimate of drug-likeness (QED) is 0.600. The molecule has 1 aliphatic heterocycles. The van der Waals surface area contributed by atoms with Crippen LogP contribution in [0, 0.1) is 0 Å². The minimum Gasteiger partial charge on any atom is -0.383 e. The van der Waals surface area contributed by atoms with Crippen molar-refractivity contribution in [1.82, 2.24) is 9.21 Å². The first-order chi connectivity index (χ1) is 14.0. The van der Waals surface area contributed by atoms with Crippen LogP contribution in [0.5, 0.6) is 0 Å². The van der Waals surface area contributed by atoms with Crippen LogP contribution in [0.1, 0.15) is 20.8 Å². The molecule has 158 valence electrons. The van der Waals surface area contributed by atoms with Gasteiger partial charge >= 0.3 is 0 Å². The van der Waals surface area contributed by atoms with E-state index in [1.165, 1.54) is 15.9 Å². The Hall–Kier alpha value is -1.78. The largest absolute Gasteiger partial charge is 0.383 e. The van der Waals surface area contributed by atoms with Crippen LogP contribution in [0.15, 0.2) is 40.6 Å². The SMILES string of the molecule is COCCN(CCOC)C(=O)c1sccc1S(=O)(=O)N1CCc2ccccc2C1. The lowest BCUT2D eigenvalue weighted by Gasteiger charge is -2.28. The highest BCUT2D eigenvalue weighted by molar-refractivity contribution is 7.89. The lowest BCUT2D eigenvalue weighted by atomic mass is 10.0. The van der Waals surface area contributed by atoms with Gasteiger partial charge in [0.05, 0.1) is 13.2 Å². The van der Waals surface area contributed by atoms with Crippen molar-refractivity contribution in [1.29, 1.82) is 0 Å². The molecule has 0 bridgehead atoms. The zero-order valence-corrected chi connectivity index (χ0v) is 18.3. The van der Waals surface area contributed by atoms with Gasteiger partial charge in [0.15, 0.2) is 0 Å². The van der Waals surface area contributed by atoms with Crippen LogP contribution in [0.2, 0.25) is 0 Å². The maximum atomic E-state index is 13.3. The fourth-order valence-electron chi connectivity index (χ4n) is 3.33. The molecule has 0 spiro atoms. The summed E-state index contributed by atoms with van der Waals surface area (Å²) in [6.07, 6.45) is 0.663. The first-order valence-corrected chi connectivity index (χ1v) is 11.7. The van der Waals surface area contributed by atoms with E-state index < -0.39 is 10.0 Å². The van der Waals surface area contributed by atoms with Crippen LogP contribution in [-0.2, 0) is 32.5 Å². The molecule has 0 N–H and O–H groups in total. The molecule has 7 nitrogen and oxygen atoms in total. The first kappa shape index (κ1) is 21.9. The highest BCUT2D eigenvalue weighted by Crippen LogP contribution is 2.30. The van der Waals surface area contributed by atoms with Crippen molar-refractivity contribution in [3.63, 3.8) is 0 Å². The van der Waals surface area contributed by atoms with Crippen molar-refractivity contribution in [3.05, 3.63) is 51.7 Å². The molecule has 1 aromatic carbocycles. The summed E-state index contributed by atoms with van der Waals surface area (Å²) in [5.41, 5.74) is 2.18. The van der Waals surface area contributed by atoms with Crippen molar-refractivity contribution < 1.29 is 22.7 Å². The van der Waals surface area contributed by atoms with Crippen LogP contribution in [-0.4, -0.2) is 70.6 Å². The number of nitrogens with zero attached hydrogens (tertiary/aromatic N) is 2. The summed E-state index contributed by atoms with van der Waals surface area (Å²) in [6, 6.07) is 9.39. The number of hydrogen-bond donors (Lipinski definition) is 0. The lowest BCUT2D eigenvalue weighted by molar-refractivity contribution is 0.0628. The molecule has 2 aromatic rings. The van der Waals surface area contributed by atoms with Crippen LogP contribution in [0.3, 0.4) is 0 Å². The van der Waals surface area contributed by atoms with Gasteiger partial charge in [0.1, 0.15) is 9.77 Å². The van der Waals surface area contributed by atoms with Crippen molar-refractivity contribution in [2.75, 3.05) is 47.1 Å². The Morgan fingerprint density at radius 2 is 1.76 bits per heavy atom. The Morgan fingerprint density at radius 1 is 1.10 bits per heavy atom. The predicted octanol–water partition coefficient (Wildman–Crippen LogP) is 2.23. The standard InChI is InChI=1S/C20H26N2O5S2/c1-26-12-10-21(11-13-27-2)20(23)19-18(8-14-28-19)29(24,25)22-9-7-16-5-3-4-6-17(16)15-22/h3-6,8,14H,7,9-13,15H2,1-2H3. The molecule has 1 amide bonds. The molecule has 0 saturated heterocycles. The van der Waals surface area contributed by atoms with Crippen molar-refractivity contribution in [2.45, 2.75) is 17.9 Å². The molecule has 1 aromatic heterocycles. The summed E-state index contributed by atoms with van der Waals surface area (Å²) in [6.45, 7) is 2.19. The minimum absolute atomic E-state index is 0.0757. The van der Waals surface area contributed by atoms with E-state index in [-0.39, 0.29) is 15.7 Å². The Kier molecular flexibility index (Phi) is 7.42. The van der Waals surface area contributed by atoms with Crippen molar-refractivity contribution in [2.24, 2.45) is 0 Å². The van der Waals surface area contributed by atoms with E-state index in [0.29, 0.717) is 45.8 Å². The third-order valence-corrected chi connectivity index (χ3v) is 7.87. The van der Waals surface area contributed by atoms with Gasteiger partial charge in [0.2, 0.25) is 10.0 Å². The first-order valence-electron chi connectivity index (χ1n) is 9.40. The molecular formula is C20H26N2O5S2. The smallest absolute Gasteiger partial charge is 0.265 e. The maximum absolute atomic E-state index is 13.3. The average Bonchev–Trinajstić information content (AvgIpc) is 3.24. The topological polar surface area (TPSA) is 76.1 Å². The Balaban J connectivity index is 1.85. The van der Waals surface area contributed by atoms with Crippen LogP contribution in [0.25, 0.3) is 0 Å². The van der Waals surface area contributed by atoms with Gasteiger partial charge in [-0.05, 0) is 29.0 Å². The van der Waals surface area contributed by atoms with Crippen LogP contribution < -0.4 is 0 Å². The van der Waals surface area contributed by atoms with Gasteiger partial charge < -0.3 is 14.4 Å². The van der Waals surface area contributed by atoms with E-state index in [1.807, 2.05) is 24.3 Å². The van der Waals surface area contributed by atoms with Gasteiger partial charge in [-0.2, -0.15) is 4.31 Å². The Labute approximate surface area is 175 Å². The van der Waals surface area contributed by atoms with Gasteiger partial charge in [-0.3, -0.25) is 4.79 Å². The number of methoxy groups -OCH3 is 2. The van der Waals surface area contributed by atoms with Crippen molar-refractivity contribution in [3.8, 4) is 0 Å². The van der Waals surface area contributed by atoms with Gasteiger partial charge in [0.25, 0.3) is 5.91 Å².